The molecule has 2 unspecified atom stereocenters. The van der Waals surface area contributed by atoms with Gasteiger partial charge in [0.2, 0.25) is 0 Å². The molecule has 94 valence electrons. The van der Waals surface area contributed by atoms with Gasteiger partial charge in [-0.25, -0.2) is 8.42 Å². The first-order valence-electron chi connectivity index (χ1n) is 5.92. The van der Waals surface area contributed by atoms with Gasteiger partial charge in [-0.05, 0) is 39.8 Å². The topological polar surface area (TPSA) is 57.2 Å². The number of hydrogen-bond acceptors (Lipinski definition) is 3. The second kappa shape index (κ2) is 3.56. The molecule has 0 heterocycles. The molecule has 0 aliphatic heterocycles. The summed E-state index contributed by atoms with van der Waals surface area (Å²) in [4.78, 5) is -0.107. The zero-order chi connectivity index (χ0) is 13.1. The predicted octanol–water partition coefficient (Wildman–Crippen LogP) is 2.96. The van der Waals surface area contributed by atoms with Crippen molar-refractivity contribution in [1.29, 1.82) is 0 Å². The van der Waals surface area contributed by atoms with Gasteiger partial charge in [0.05, 0.1) is 4.90 Å². The van der Waals surface area contributed by atoms with E-state index in [9.17, 15) is 13.0 Å². The van der Waals surface area contributed by atoms with Gasteiger partial charge < -0.3 is 4.55 Å². The molecule has 0 bridgehead atoms. The minimum Gasteiger partial charge on any atom is -0.744 e. The zero-order valence-electron chi connectivity index (χ0n) is 10.2. The molecule has 2 aromatic rings. The summed E-state index contributed by atoms with van der Waals surface area (Å²) in [6.45, 7) is 4.26. The van der Waals surface area contributed by atoms with Crippen LogP contribution in [-0.2, 0) is 10.1 Å². The van der Waals surface area contributed by atoms with Gasteiger partial charge >= 0.3 is 0 Å². The van der Waals surface area contributed by atoms with E-state index < -0.39 is 10.1 Å². The highest BCUT2D eigenvalue weighted by Gasteiger charge is 2.29. The Morgan fingerprint density at radius 3 is 2.22 bits per heavy atom. The Labute approximate surface area is 106 Å². The molecule has 4 heteroatoms. The lowest BCUT2D eigenvalue weighted by Gasteiger charge is -2.12. The van der Waals surface area contributed by atoms with Crippen LogP contribution >= 0.6 is 0 Å². The van der Waals surface area contributed by atoms with Crippen molar-refractivity contribution in [1.82, 2.24) is 0 Å². The SMILES string of the molecule is CC1c2cccc3c(S(=O)(=O)[O-])ccc(c23)C1C. The van der Waals surface area contributed by atoms with Crippen LogP contribution in [0.4, 0.5) is 0 Å². The van der Waals surface area contributed by atoms with Crippen LogP contribution in [0, 0.1) is 0 Å². The lowest BCUT2D eigenvalue weighted by Crippen LogP contribution is -2.00. The Hall–Kier alpha value is -1.39. The van der Waals surface area contributed by atoms with E-state index in [2.05, 4.69) is 13.8 Å². The molecule has 1 aliphatic carbocycles. The molecule has 2 aromatic carbocycles. The molecule has 0 amide bonds. The highest BCUT2D eigenvalue weighted by atomic mass is 32.2. The van der Waals surface area contributed by atoms with E-state index in [1.165, 1.54) is 6.07 Å². The first-order chi connectivity index (χ1) is 8.41. The summed E-state index contributed by atoms with van der Waals surface area (Å²) in [5, 5.41) is 1.52. The number of rotatable bonds is 1. The second-order valence-corrected chi connectivity index (χ2v) is 6.30. The van der Waals surface area contributed by atoms with Gasteiger partial charge in [0, 0.05) is 0 Å². The van der Waals surface area contributed by atoms with Crippen molar-refractivity contribution in [2.45, 2.75) is 30.6 Å². The zero-order valence-corrected chi connectivity index (χ0v) is 11.0. The highest BCUT2D eigenvalue weighted by molar-refractivity contribution is 7.86. The maximum atomic E-state index is 11.3. The predicted molar refractivity (Wildman–Crippen MR) is 68.7 cm³/mol. The fourth-order valence-corrected chi connectivity index (χ4v) is 3.63. The van der Waals surface area contributed by atoms with Crippen molar-refractivity contribution >= 4 is 20.9 Å². The molecule has 3 nitrogen and oxygen atoms in total. The summed E-state index contributed by atoms with van der Waals surface area (Å²) in [5.41, 5.74) is 2.28. The van der Waals surface area contributed by atoms with Crippen molar-refractivity contribution in [3.63, 3.8) is 0 Å². The summed E-state index contributed by atoms with van der Waals surface area (Å²) >= 11 is 0. The number of hydrogen-bond donors (Lipinski definition) is 0. The van der Waals surface area contributed by atoms with Crippen molar-refractivity contribution in [3.05, 3.63) is 41.5 Å². The van der Waals surface area contributed by atoms with Crippen molar-refractivity contribution in [2.24, 2.45) is 0 Å². The fraction of sp³-hybridized carbons (Fsp3) is 0.286. The van der Waals surface area contributed by atoms with E-state index in [0.29, 0.717) is 17.2 Å². The second-order valence-electron chi connectivity index (χ2n) is 4.95. The maximum absolute atomic E-state index is 11.3. The van der Waals surface area contributed by atoms with E-state index in [-0.39, 0.29) is 4.90 Å². The molecule has 18 heavy (non-hydrogen) atoms. The van der Waals surface area contributed by atoms with Crippen LogP contribution in [0.3, 0.4) is 0 Å². The summed E-state index contributed by atoms with van der Waals surface area (Å²) < 4.78 is 33.9. The third-order valence-corrected chi connectivity index (χ3v) is 4.96. The van der Waals surface area contributed by atoms with E-state index in [1.807, 2.05) is 12.1 Å². The van der Waals surface area contributed by atoms with Crippen LogP contribution in [0.1, 0.15) is 36.8 Å². The van der Waals surface area contributed by atoms with Crippen molar-refractivity contribution in [3.8, 4) is 0 Å². The third-order valence-electron chi connectivity index (χ3n) is 4.07. The molecule has 1 aliphatic rings. The summed E-state index contributed by atoms with van der Waals surface area (Å²) in [5.74, 6) is 0.710. The van der Waals surface area contributed by atoms with Gasteiger partial charge in [-0.3, -0.25) is 0 Å². The average molecular weight is 261 g/mol. The van der Waals surface area contributed by atoms with Gasteiger partial charge in [0.15, 0.2) is 0 Å². The van der Waals surface area contributed by atoms with Crippen molar-refractivity contribution < 1.29 is 13.0 Å². The summed E-state index contributed by atoms with van der Waals surface area (Å²) in [6.07, 6.45) is 0. The maximum Gasteiger partial charge on any atom is 0.125 e. The molecular weight excluding hydrogens is 248 g/mol. The lowest BCUT2D eigenvalue weighted by atomic mass is 9.94. The monoisotopic (exact) mass is 261 g/mol. The lowest BCUT2D eigenvalue weighted by molar-refractivity contribution is 0.464. The minimum atomic E-state index is -4.42. The largest absolute Gasteiger partial charge is 0.744 e. The average Bonchev–Trinajstić information content (AvgIpc) is 2.56. The van der Waals surface area contributed by atoms with E-state index >= 15 is 0 Å². The van der Waals surface area contributed by atoms with Gasteiger partial charge in [-0.1, -0.05) is 38.1 Å². The number of benzene rings is 2. The Kier molecular flexibility index (Phi) is 2.31. The van der Waals surface area contributed by atoms with E-state index in [1.54, 1.807) is 12.1 Å². The molecule has 0 spiro atoms. The molecule has 0 radical (unpaired) electrons. The molecular formula is C14H13O3S-. The molecule has 0 fully saturated rings. The van der Waals surface area contributed by atoms with Crippen molar-refractivity contribution in [2.75, 3.05) is 0 Å². The van der Waals surface area contributed by atoms with Gasteiger partial charge in [-0.15, -0.1) is 0 Å². The normalized spacial score (nSPS) is 22.6. The Bertz CT molecular complexity index is 733. The standard InChI is InChI=1S/C14H14O3S/c1-8-9(2)11-6-7-13(18(15,16)17)12-5-3-4-10(8)14(11)12/h3-9H,1-2H3,(H,15,16,17)/p-1. The smallest absolute Gasteiger partial charge is 0.125 e. The molecule has 0 saturated heterocycles. The minimum absolute atomic E-state index is 0.107. The van der Waals surface area contributed by atoms with Crippen LogP contribution in [0.2, 0.25) is 0 Å². The summed E-state index contributed by atoms with van der Waals surface area (Å²) in [7, 11) is -4.42. The molecule has 0 N–H and O–H groups in total. The van der Waals surface area contributed by atoms with Crippen LogP contribution in [0.25, 0.3) is 10.8 Å². The first kappa shape index (κ1) is 11.7. The highest BCUT2D eigenvalue weighted by Crippen LogP contribution is 2.47. The van der Waals surface area contributed by atoms with Crippen LogP contribution in [0.5, 0.6) is 0 Å². The van der Waals surface area contributed by atoms with Crippen LogP contribution in [0.15, 0.2) is 35.2 Å². The van der Waals surface area contributed by atoms with Crippen LogP contribution < -0.4 is 0 Å². The Morgan fingerprint density at radius 1 is 1.00 bits per heavy atom. The Morgan fingerprint density at radius 2 is 1.61 bits per heavy atom. The molecule has 0 aromatic heterocycles. The van der Waals surface area contributed by atoms with E-state index in [4.69, 9.17) is 0 Å². The van der Waals surface area contributed by atoms with Gasteiger partial charge in [-0.2, -0.15) is 0 Å². The van der Waals surface area contributed by atoms with Gasteiger partial charge in [0.25, 0.3) is 0 Å². The summed E-state index contributed by atoms with van der Waals surface area (Å²) in [6, 6.07) is 8.78. The molecule has 2 atom stereocenters. The quantitative estimate of drug-likeness (QED) is 0.741. The molecule has 3 rings (SSSR count). The van der Waals surface area contributed by atoms with Gasteiger partial charge in [0.1, 0.15) is 10.1 Å². The van der Waals surface area contributed by atoms with E-state index in [0.717, 1.165) is 16.5 Å². The van der Waals surface area contributed by atoms with Crippen LogP contribution in [-0.4, -0.2) is 13.0 Å². The fourth-order valence-electron chi connectivity index (χ4n) is 2.95. The third kappa shape index (κ3) is 1.42. The first-order valence-corrected chi connectivity index (χ1v) is 7.33. The Balaban J connectivity index is 2.50. The molecule has 0 saturated carbocycles.